The Labute approximate surface area is 156 Å². The lowest BCUT2D eigenvalue weighted by Gasteiger charge is -2.28. The lowest BCUT2D eigenvalue weighted by Crippen LogP contribution is -2.36. The van der Waals surface area contributed by atoms with Gasteiger partial charge in [0.1, 0.15) is 17.7 Å². The molecule has 0 radical (unpaired) electrons. The minimum atomic E-state index is 0.162. The number of carbonyl (C=O) groups excluding carboxylic acids is 1. The number of carbonyl (C=O) groups is 1. The second-order valence-corrected chi connectivity index (χ2v) is 7.39. The molecule has 3 aromatic heterocycles. The van der Waals surface area contributed by atoms with Crippen LogP contribution in [0.1, 0.15) is 30.5 Å². The number of amides is 1. The molecular formula is C19H22N6O2. The van der Waals surface area contributed by atoms with Gasteiger partial charge < -0.3 is 13.9 Å². The highest BCUT2D eigenvalue weighted by Gasteiger charge is 2.31. The first kappa shape index (κ1) is 16.3. The summed E-state index contributed by atoms with van der Waals surface area (Å²) in [6.07, 6.45) is 12.3. The lowest BCUT2D eigenvalue weighted by molar-refractivity contribution is -0.132. The van der Waals surface area contributed by atoms with Crippen LogP contribution in [0.4, 0.5) is 0 Å². The maximum absolute atomic E-state index is 12.7. The Bertz CT molecular complexity index is 924. The molecule has 1 aliphatic carbocycles. The van der Waals surface area contributed by atoms with Crippen LogP contribution in [0.15, 0.2) is 35.8 Å². The Morgan fingerprint density at radius 3 is 3.00 bits per heavy atom. The molecule has 8 heteroatoms. The summed E-state index contributed by atoms with van der Waals surface area (Å²) in [5, 5.41) is 4.84. The molecule has 5 rings (SSSR count). The fourth-order valence-electron chi connectivity index (χ4n) is 3.74. The van der Waals surface area contributed by atoms with E-state index in [0.29, 0.717) is 19.5 Å². The molecule has 1 amide bonds. The quantitative estimate of drug-likeness (QED) is 0.667. The van der Waals surface area contributed by atoms with Gasteiger partial charge in [-0.25, -0.2) is 9.97 Å². The lowest BCUT2D eigenvalue weighted by atomic mass is 10.0. The molecule has 8 nitrogen and oxygen atoms in total. The molecular weight excluding hydrogens is 344 g/mol. The van der Waals surface area contributed by atoms with Gasteiger partial charge in [0.2, 0.25) is 5.91 Å². The summed E-state index contributed by atoms with van der Waals surface area (Å²) in [5.41, 5.74) is 3.96. The number of nitrogens with zero attached hydrogens (tertiary/aromatic N) is 6. The molecule has 0 saturated heterocycles. The zero-order valence-electron chi connectivity index (χ0n) is 15.1. The minimum absolute atomic E-state index is 0.162. The Kier molecular flexibility index (Phi) is 4.03. The van der Waals surface area contributed by atoms with Gasteiger partial charge in [0, 0.05) is 62.7 Å². The van der Waals surface area contributed by atoms with Crippen LogP contribution in [-0.2, 0) is 30.8 Å². The standard InChI is InChI=1S/C19H22N6O2/c26-18(4-6-23-8-5-20-12-23)24-7-3-17-15(10-24)19(16-11-27-13-21-16)22-25(17)9-14-1-2-14/h5,8,11-14H,1-4,6-7,9-10H2. The third-order valence-corrected chi connectivity index (χ3v) is 5.43. The first-order chi connectivity index (χ1) is 13.3. The fourth-order valence-corrected chi connectivity index (χ4v) is 3.74. The highest BCUT2D eigenvalue weighted by Crippen LogP contribution is 2.34. The van der Waals surface area contributed by atoms with Crippen molar-refractivity contribution in [2.24, 2.45) is 5.92 Å². The topological polar surface area (TPSA) is 82.0 Å². The number of imidazole rings is 1. The Morgan fingerprint density at radius 1 is 1.33 bits per heavy atom. The average Bonchev–Trinajstić information content (AvgIpc) is 3.11. The van der Waals surface area contributed by atoms with E-state index in [2.05, 4.69) is 14.6 Å². The molecule has 0 aromatic carbocycles. The number of fused-ring (bicyclic) bond motifs is 1. The number of hydrogen-bond donors (Lipinski definition) is 0. The van der Waals surface area contributed by atoms with Crippen molar-refractivity contribution >= 4 is 5.91 Å². The first-order valence-corrected chi connectivity index (χ1v) is 9.48. The van der Waals surface area contributed by atoms with Gasteiger partial charge >= 0.3 is 0 Å². The second kappa shape index (κ2) is 6.68. The van der Waals surface area contributed by atoms with E-state index in [4.69, 9.17) is 9.52 Å². The van der Waals surface area contributed by atoms with Gasteiger partial charge in [0.05, 0.1) is 6.33 Å². The number of rotatable bonds is 6. The van der Waals surface area contributed by atoms with Gasteiger partial charge in [-0.2, -0.15) is 5.10 Å². The van der Waals surface area contributed by atoms with Crippen LogP contribution < -0.4 is 0 Å². The van der Waals surface area contributed by atoms with E-state index < -0.39 is 0 Å². The van der Waals surface area contributed by atoms with Crippen LogP contribution in [0.5, 0.6) is 0 Å². The van der Waals surface area contributed by atoms with E-state index in [1.54, 1.807) is 18.8 Å². The van der Waals surface area contributed by atoms with Gasteiger partial charge in [-0.05, 0) is 18.8 Å². The van der Waals surface area contributed by atoms with Crippen LogP contribution in [0, 0.1) is 5.92 Å². The predicted octanol–water partition coefficient (Wildman–Crippen LogP) is 2.12. The van der Waals surface area contributed by atoms with Gasteiger partial charge in [-0.3, -0.25) is 9.48 Å². The molecule has 3 aromatic rings. The van der Waals surface area contributed by atoms with Crippen molar-refractivity contribution < 1.29 is 9.21 Å². The Hall–Kier alpha value is -2.90. The summed E-state index contributed by atoms with van der Waals surface area (Å²) in [5.74, 6) is 0.907. The number of hydrogen-bond acceptors (Lipinski definition) is 5. The van der Waals surface area contributed by atoms with Crippen molar-refractivity contribution in [2.75, 3.05) is 6.54 Å². The third-order valence-electron chi connectivity index (χ3n) is 5.43. The van der Waals surface area contributed by atoms with Crippen molar-refractivity contribution in [1.29, 1.82) is 0 Å². The molecule has 0 unspecified atom stereocenters. The second-order valence-electron chi connectivity index (χ2n) is 7.39. The maximum atomic E-state index is 12.7. The summed E-state index contributed by atoms with van der Waals surface area (Å²) in [7, 11) is 0. The van der Waals surface area contributed by atoms with Crippen LogP contribution in [0.25, 0.3) is 11.4 Å². The molecule has 4 heterocycles. The van der Waals surface area contributed by atoms with E-state index in [0.717, 1.165) is 42.4 Å². The normalized spacial score (nSPS) is 16.5. The summed E-state index contributed by atoms with van der Waals surface area (Å²) in [6.45, 7) is 2.95. The molecule has 140 valence electrons. The van der Waals surface area contributed by atoms with Crippen LogP contribution in [-0.4, -0.2) is 41.7 Å². The zero-order valence-corrected chi connectivity index (χ0v) is 15.1. The number of aromatic nitrogens is 5. The van der Waals surface area contributed by atoms with Gasteiger partial charge in [0.25, 0.3) is 0 Å². The van der Waals surface area contributed by atoms with E-state index in [-0.39, 0.29) is 5.91 Å². The molecule has 0 bridgehead atoms. The van der Waals surface area contributed by atoms with E-state index >= 15 is 0 Å². The fraction of sp³-hybridized carbons (Fsp3) is 0.474. The monoisotopic (exact) mass is 366 g/mol. The molecule has 0 spiro atoms. The predicted molar refractivity (Wildman–Crippen MR) is 96.4 cm³/mol. The van der Waals surface area contributed by atoms with Gasteiger partial charge in [-0.1, -0.05) is 0 Å². The number of aryl methyl sites for hydroxylation is 1. The zero-order chi connectivity index (χ0) is 18.2. The molecule has 0 atom stereocenters. The van der Waals surface area contributed by atoms with Gasteiger partial charge in [-0.15, -0.1) is 0 Å². The van der Waals surface area contributed by atoms with Crippen molar-refractivity contribution in [1.82, 2.24) is 29.2 Å². The van der Waals surface area contributed by atoms with Crippen LogP contribution in [0.2, 0.25) is 0 Å². The van der Waals surface area contributed by atoms with E-state index in [1.165, 1.54) is 24.9 Å². The van der Waals surface area contributed by atoms with E-state index in [1.807, 2.05) is 15.7 Å². The first-order valence-electron chi connectivity index (χ1n) is 9.48. The van der Waals surface area contributed by atoms with Crippen molar-refractivity contribution in [3.8, 4) is 11.4 Å². The minimum Gasteiger partial charge on any atom is -0.451 e. The highest BCUT2D eigenvalue weighted by atomic mass is 16.3. The molecule has 1 aliphatic heterocycles. The van der Waals surface area contributed by atoms with Gasteiger partial charge in [0.15, 0.2) is 6.39 Å². The average molecular weight is 366 g/mol. The SMILES string of the molecule is O=C(CCn1ccnc1)N1CCc2c(c(-c3cocn3)nn2CC2CC2)C1. The summed E-state index contributed by atoms with van der Waals surface area (Å²) >= 11 is 0. The largest absolute Gasteiger partial charge is 0.451 e. The maximum Gasteiger partial charge on any atom is 0.224 e. The van der Waals surface area contributed by atoms with E-state index in [9.17, 15) is 4.79 Å². The molecule has 1 fully saturated rings. The summed E-state index contributed by atoms with van der Waals surface area (Å²) in [6, 6.07) is 0. The van der Waals surface area contributed by atoms with Crippen molar-refractivity contribution in [3.63, 3.8) is 0 Å². The Balaban J connectivity index is 1.37. The third kappa shape index (κ3) is 3.27. The van der Waals surface area contributed by atoms with Crippen molar-refractivity contribution in [3.05, 3.63) is 42.6 Å². The Morgan fingerprint density at radius 2 is 2.26 bits per heavy atom. The molecule has 27 heavy (non-hydrogen) atoms. The summed E-state index contributed by atoms with van der Waals surface area (Å²) in [4.78, 5) is 23.0. The number of oxazole rings is 1. The molecule has 2 aliphatic rings. The smallest absolute Gasteiger partial charge is 0.224 e. The van der Waals surface area contributed by atoms with Crippen molar-refractivity contribution in [2.45, 2.75) is 45.3 Å². The molecule has 0 N–H and O–H groups in total. The van der Waals surface area contributed by atoms with Crippen LogP contribution >= 0.6 is 0 Å². The highest BCUT2D eigenvalue weighted by molar-refractivity contribution is 5.77. The summed E-state index contributed by atoms with van der Waals surface area (Å²) < 4.78 is 9.24. The van der Waals surface area contributed by atoms with Crippen LogP contribution in [0.3, 0.4) is 0 Å². The molecule has 1 saturated carbocycles.